The molecule has 3 heteroatoms. The van der Waals surface area contributed by atoms with Crippen LogP contribution in [0.15, 0.2) is 11.6 Å². The molecule has 0 aromatic heterocycles. The van der Waals surface area contributed by atoms with Crippen LogP contribution >= 0.6 is 0 Å². The lowest BCUT2D eigenvalue weighted by atomic mass is 10.0. The summed E-state index contributed by atoms with van der Waals surface area (Å²) < 4.78 is 0. The number of hydrogen-bond acceptors (Lipinski definition) is 3. The van der Waals surface area contributed by atoms with Crippen LogP contribution in [0.3, 0.4) is 0 Å². The van der Waals surface area contributed by atoms with Crippen LogP contribution in [0.1, 0.15) is 47.0 Å². The topological polar surface area (TPSA) is 9.72 Å². The summed E-state index contributed by atoms with van der Waals surface area (Å²) in [4.78, 5) is 7.83. The Morgan fingerprint density at radius 2 is 1.52 bits per heavy atom. The van der Waals surface area contributed by atoms with Crippen LogP contribution in [0.2, 0.25) is 0 Å². The van der Waals surface area contributed by atoms with Gasteiger partial charge in [0.05, 0.1) is 0 Å². The number of piperidine rings is 1. The highest BCUT2D eigenvalue weighted by Gasteiger charge is 2.25. The van der Waals surface area contributed by atoms with Gasteiger partial charge in [0, 0.05) is 38.8 Å². The molecule has 0 aromatic rings. The van der Waals surface area contributed by atoms with Crippen molar-refractivity contribution in [1.29, 1.82) is 0 Å². The molecule has 124 valence electrons. The molecule has 2 aliphatic rings. The second-order valence-electron chi connectivity index (χ2n) is 6.48. The molecule has 21 heavy (non-hydrogen) atoms. The SMILES string of the molecule is CC.CC(C)=CCCN1CCN(C2CCN(C)CC2)CC1. The van der Waals surface area contributed by atoms with Crippen LogP contribution in [-0.2, 0) is 0 Å². The van der Waals surface area contributed by atoms with Crippen molar-refractivity contribution >= 4 is 0 Å². The number of likely N-dealkylation sites (tertiary alicyclic amines) is 1. The fraction of sp³-hybridized carbons (Fsp3) is 0.889. The van der Waals surface area contributed by atoms with Crippen LogP contribution < -0.4 is 0 Å². The predicted octanol–water partition coefficient (Wildman–Crippen LogP) is 3.08. The highest BCUT2D eigenvalue weighted by Crippen LogP contribution is 2.17. The first-order valence-electron chi connectivity index (χ1n) is 8.93. The summed E-state index contributed by atoms with van der Waals surface area (Å²) in [6.07, 6.45) is 6.32. The van der Waals surface area contributed by atoms with Crippen molar-refractivity contribution in [2.45, 2.75) is 53.0 Å². The van der Waals surface area contributed by atoms with E-state index < -0.39 is 0 Å². The maximum atomic E-state index is 2.74. The van der Waals surface area contributed by atoms with E-state index in [4.69, 9.17) is 0 Å². The highest BCUT2D eigenvalue weighted by molar-refractivity contribution is 4.93. The van der Waals surface area contributed by atoms with Crippen molar-refractivity contribution in [2.75, 3.05) is 52.9 Å². The summed E-state index contributed by atoms with van der Waals surface area (Å²) in [5.74, 6) is 0. The maximum absolute atomic E-state index is 2.74. The molecule has 0 saturated carbocycles. The summed E-state index contributed by atoms with van der Waals surface area (Å²) in [6, 6.07) is 0.858. The zero-order valence-corrected chi connectivity index (χ0v) is 15.1. The summed E-state index contributed by atoms with van der Waals surface area (Å²) in [6.45, 7) is 17.3. The van der Waals surface area contributed by atoms with Gasteiger partial charge in [0.25, 0.3) is 0 Å². The van der Waals surface area contributed by atoms with Crippen LogP contribution in [0.25, 0.3) is 0 Å². The highest BCUT2D eigenvalue weighted by atomic mass is 15.3. The fourth-order valence-electron chi connectivity index (χ4n) is 3.25. The van der Waals surface area contributed by atoms with E-state index in [1.807, 2.05) is 13.8 Å². The third-order valence-corrected chi connectivity index (χ3v) is 4.61. The van der Waals surface area contributed by atoms with Gasteiger partial charge in [0.15, 0.2) is 0 Å². The molecule has 2 fully saturated rings. The Kier molecular flexibility index (Phi) is 9.21. The van der Waals surface area contributed by atoms with Gasteiger partial charge in [0.1, 0.15) is 0 Å². The van der Waals surface area contributed by atoms with Gasteiger partial charge < -0.3 is 9.80 Å². The maximum Gasteiger partial charge on any atom is 0.0121 e. The molecule has 0 aromatic carbocycles. The number of hydrogen-bond donors (Lipinski definition) is 0. The van der Waals surface area contributed by atoms with E-state index >= 15 is 0 Å². The van der Waals surface area contributed by atoms with E-state index in [9.17, 15) is 0 Å². The molecule has 2 rings (SSSR count). The molecule has 0 aliphatic carbocycles. The monoisotopic (exact) mass is 295 g/mol. The molecular formula is C18H37N3. The first-order chi connectivity index (χ1) is 10.1. The van der Waals surface area contributed by atoms with Crippen LogP contribution in [0, 0.1) is 0 Å². The van der Waals surface area contributed by atoms with Crippen LogP contribution in [0.4, 0.5) is 0 Å². The Balaban J connectivity index is 0.00000106. The molecule has 0 radical (unpaired) electrons. The quantitative estimate of drug-likeness (QED) is 0.738. The van der Waals surface area contributed by atoms with Gasteiger partial charge in [-0.25, -0.2) is 0 Å². The van der Waals surface area contributed by atoms with E-state index in [0.29, 0.717) is 0 Å². The summed E-state index contributed by atoms with van der Waals surface area (Å²) in [7, 11) is 2.25. The summed E-state index contributed by atoms with van der Waals surface area (Å²) in [5, 5.41) is 0. The van der Waals surface area contributed by atoms with Gasteiger partial charge in [-0.3, -0.25) is 4.90 Å². The minimum Gasteiger partial charge on any atom is -0.306 e. The number of piperazine rings is 1. The van der Waals surface area contributed by atoms with Crippen molar-refractivity contribution < 1.29 is 0 Å². The molecular weight excluding hydrogens is 258 g/mol. The van der Waals surface area contributed by atoms with E-state index in [1.54, 1.807) is 0 Å². The number of rotatable bonds is 4. The minimum atomic E-state index is 0.858. The van der Waals surface area contributed by atoms with Crippen molar-refractivity contribution in [1.82, 2.24) is 14.7 Å². The fourth-order valence-corrected chi connectivity index (χ4v) is 3.25. The summed E-state index contributed by atoms with van der Waals surface area (Å²) in [5.41, 5.74) is 1.45. The van der Waals surface area contributed by atoms with Crippen LogP contribution in [-0.4, -0.2) is 73.6 Å². The van der Waals surface area contributed by atoms with E-state index in [1.165, 1.54) is 70.6 Å². The Morgan fingerprint density at radius 3 is 2.05 bits per heavy atom. The van der Waals surface area contributed by atoms with Crippen molar-refractivity contribution in [3.8, 4) is 0 Å². The normalized spacial score (nSPS) is 22.5. The Morgan fingerprint density at radius 1 is 0.952 bits per heavy atom. The first-order valence-corrected chi connectivity index (χ1v) is 8.93. The minimum absolute atomic E-state index is 0.858. The average molecular weight is 296 g/mol. The molecule has 2 aliphatic heterocycles. The zero-order chi connectivity index (χ0) is 15.7. The second-order valence-corrected chi connectivity index (χ2v) is 6.48. The average Bonchev–Trinajstić information content (AvgIpc) is 2.50. The van der Waals surface area contributed by atoms with Crippen molar-refractivity contribution in [2.24, 2.45) is 0 Å². The molecule has 0 N–H and O–H groups in total. The molecule has 0 atom stereocenters. The molecule has 0 amide bonds. The summed E-state index contributed by atoms with van der Waals surface area (Å²) >= 11 is 0. The van der Waals surface area contributed by atoms with Crippen molar-refractivity contribution in [3.05, 3.63) is 11.6 Å². The van der Waals surface area contributed by atoms with E-state index in [-0.39, 0.29) is 0 Å². The number of allylic oxidation sites excluding steroid dienone is 1. The first kappa shape index (κ1) is 18.7. The number of nitrogens with zero attached hydrogens (tertiary/aromatic N) is 3. The lowest BCUT2D eigenvalue weighted by Crippen LogP contribution is -2.52. The smallest absolute Gasteiger partial charge is 0.0121 e. The third-order valence-electron chi connectivity index (χ3n) is 4.61. The second kappa shape index (κ2) is 10.4. The lowest BCUT2D eigenvalue weighted by molar-refractivity contribution is 0.0654. The van der Waals surface area contributed by atoms with Crippen molar-refractivity contribution in [3.63, 3.8) is 0 Å². The Bertz CT molecular complexity index is 281. The Hall–Kier alpha value is -0.380. The molecule has 2 heterocycles. The largest absolute Gasteiger partial charge is 0.306 e. The lowest BCUT2D eigenvalue weighted by Gasteiger charge is -2.42. The molecule has 0 spiro atoms. The third kappa shape index (κ3) is 6.94. The van der Waals surface area contributed by atoms with Gasteiger partial charge in [-0.15, -0.1) is 0 Å². The van der Waals surface area contributed by atoms with Gasteiger partial charge >= 0.3 is 0 Å². The van der Waals surface area contributed by atoms with Crippen LogP contribution in [0.5, 0.6) is 0 Å². The molecule has 0 unspecified atom stereocenters. The molecule has 0 bridgehead atoms. The predicted molar refractivity (Wildman–Crippen MR) is 93.9 cm³/mol. The molecule has 2 saturated heterocycles. The van der Waals surface area contributed by atoms with E-state index in [2.05, 4.69) is 41.7 Å². The van der Waals surface area contributed by atoms with E-state index in [0.717, 1.165) is 6.04 Å². The van der Waals surface area contributed by atoms with Gasteiger partial charge in [-0.1, -0.05) is 25.5 Å². The van der Waals surface area contributed by atoms with Gasteiger partial charge in [0.2, 0.25) is 0 Å². The zero-order valence-electron chi connectivity index (χ0n) is 15.1. The van der Waals surface area contributed by atoms with Gasteiger partial charge in [-0.05, 0) is 53.2 Å². The Labute approximate surface area is 133 Å². The standard InChI is InChI=1S/C16H31N3.C2H6/c1-15(2)5-4-8-18-11-13-19(14-12-18)16-6-9-17(3)10-7-16;1-2/h5,16H,4,6-14H2,1-3H3;1-2H3. The van der Waals surface area contributed by atoms with Gasteiger partial charge in [-0.2, -0.15) is 0 Å². The molecule has 3 nitrogen and oxygen atoms in total.